The molecule has 3 aromatic rings. The monoisotopic (exact) mass is 467 g/mol. The number of nitrogens with zero attached hydrogens (tertiary/aromatic N) is 2. The minimum atomic E-state index is -0.870. The van der Waals surface area contributed by atoms with Crippen LogP contribution in [0.5, 0.6) is 5.75 Å². The lowest BCUT2D eigenvalue weighted by molar-refractivity contribution is -0.0567. The van der Waals surface area contributed by atoms with Crippen molar-refractivity contribution in [3.63, 3.8) is 0 Å². The first kappa shape index (κ1) is 23.6. The number of aliphatic hydroxyl groups is 1. The summed E-state index contributed by atoms with van der Waals surface area (Å²) in [7, 11) is 0. The zero-order valence-electron chi connectivity index (χ0n) is 19.0. The molecule has 178 valence electrons. The third-order valence-corrected chi connectivity index (χ3v) is 5.66. The van der Waals surface area contributed by atoms with Gasteiger partial charge in [0, 0.05) is 6.54 Å². The summed E-state index contributed by atoms with van der Waals surface area (Å²) in [5.74, 6) is -0.927. The summed E-state index contributed by atoms with van der Waals surface area (Å²) in [6, 6.07) is 13.2. The van der Waals surface area contributed by atoms with Gasteiger partial charge in [-0.2, -0.15) is 0 Å². The van der Waals surface area contributed by atoms with E-state index in [4.69, 9.17) is 9.47 Å². The third-order valence-electron chi connectivity index (χ3n) is 5.66. The van der Waals surface area contributed by atoms with Gasteiger partial charge in [-0.1, -0.05) is 36.4 Å². The van der Waals surface area contributed by atoms with Gasteiger partial charge in [-0.15, -0.1) is 0 Å². The second-order valence-electron chi connectivity index (χ2n) is 8.46. The van der Waals surface area contributed by atoms with Gasteiger partial charge in [-0.05, 0) is 42.7 Å². The Morgan fingerprint density at radius 3 is 2.74 bits per heavy atom. The molecule has 0 saturated carbocycles. The molecular weight excluding hydrogens is 441 g/mol. The summed E-state index contributed by atoms with van der Waals surface area (Å²) in [6.07, 6.45) is 0. The molecule has 0 bridgehead atoms. The average molecular weight is 467 g/mol. The van der Waals surface area contributed by atoms with Crippen LogP contribution in [0, 0.1) is 5.82 Å². The molecule has 2 N–H and O–H groups in total. The number of halogens is 1. The molecule has 8 nitrogen and oxygen atoms in total. The van der Waals surface area contributed by atoms with Gasteiger partial charge in [0.15, 0.2) is 5.69 Å². The number of ether oxygens (including phenoxy) is 2. The summed E-state index contributed by atoms with van der Waals surface area (Å²) in [6.45, 7) is 3.91. The second-order valence-corrected chi connectivity index (χ2v) is 8.46. The van der Waals surface area contributed by atoms with Gasteiger partial charge in [0.05, 0.1) is 19.8 Å². The number of fused-ring (bicyclic) bond motifs is 1. The Kier molecular flexibility index (Phi) is 6.76. The van der Waals surface area contributed by atoms with E-state index >= 15 is 0 Å². The van der Waals surface area contributed by atoms with Crippen LogP contribution >= 0.6 is 0 Å². The van der Waals surface area contributed by atoms with Crippen LogP contribution in [0.1, 0.15) is 46.9 Å². The summed E-state index contributed by atoms with van der Waals surface area (Å²) >= 11 is 0. The van der Waals surface area contributed by atoms with E-state index in [2.05, 4.69) is 10.3 Å². The third kappa shape index (κ3) is 4.85. The van der Waals surface area contributed by atoms with E-state index < -0.39 is 22.9 Å². The molecule has 34 heavy (non-hydrogen) atoms. The Bertz CT molecular complexity index is 1260. The average Bonchev–Trinajstić information content (AvgIpc) is 2.83. The first-order valence-electron chi connectivity index (χ1n) is 10.9. The fourth-order valence-electron chi connectivity index (χ4n) is 3.85. The standard InChI is InChI=1S/C25H26FN3O5/c1-25(2)24-28-20(22(31)27-13-17-8-9-19(26)12-18(17)14-30)21(23(32)29(24)10-11-34-25)33-15-16-6-4-3-5-7-16/h3-9,12,30H,10-11,13-15H2,1-2H3,(H,27,31). The fraction of sp³-hybridized carbons (Fsp3) is 0.320. The van der Waals surface area contributed by atoms with Crippen molar-refractivity contribution in [1.29, 1.82) is 0 Å². The quantitative estimate of drug-likeness (QED) is 0.554. The highest BCUT2D eigenvalue weighted by Gasteiger charge is 2.35. The Hall–Kier alpha value is -3.56. The van der Waals surface area contributed by atoms with Crippen molar-refractivity contribution in [2.24, 2.45) is 0 Å². The minimum absolute atomic E-state index is 0.00707. The minimum Gasteiger partial charge on any atom is -0.481 e. The van der Waals surface area contributed by atoms with Crippen LogP contribution in [0.4, 0.5) is 4.39 Å². The number of nitrogens with one attached hydrogen (secondary N) is 1. The van der Waals surface area contributed by atoms with Gasteiger partial charge < -0.3 is 19.9 Å². The maximum absolute atomic E-state index is 13.5. The van der Waals surface area contributed by atoms with E-state index in [9.17, 15) is 19.1 Å². The van der Waals surface area contributed by atoms with E-state index in [1.807, 2.05) is 30.3 Å². The SMILES string of the molecule is CC1(C)OCCn2c1nc(C(=O)NCc1ccc(F)cc1CO)c(OCc1ccccc1)c2=O. The number of carbonyl (C=O) groups excluding carboxylic acids is 1. The zero-order chi connectivity index (χ0) is 24.3. The molecule has 0 unspecified atom stereocenters. The lowest BCUT2D eigenvalue weighted by atomic mass is 10.1. The summed E-state index contributed by atoms with van der Waals surface area (Å²) < 4.78 is 26.6. The molecule has 0 aliphatic carbocycles. The van der Waals surface area contributed by atoms with Gasteiger partial charge in [0.1, 0.15) is 23.8 Å². The largest absolute Gasteiger partial charge is 0.481 e. The van der Waals surface area contributed by atoms with Crippen LogP contribution in [-0.2, 0) is 36.6 Å². The highest BCUT2D eigenvalue weighted by Crippen LogP contribution is 2.28. The van der Waals surface area contributed by atoms with Crippen LogP contribution in [-0.4, -0.2) is 27.2 Å². The first-order chi connectivity index (χ1) is 16.3. The Labute approximate surface area is 196 Å². The number of hydrogen-bond donors (Lipinski definition) is 2. The normalized spacial score (nSPS) is 14.4. The van der Waals surface area contributed by atoms with Gasteiger partial charge in [-0.3, -0.25) is 14.2 Å². The molecule has 2 heterocycles. The molecule has 0 atom stereocenters. The van der Waals surface area contributed by atoms with E-state index in [1.54, 1.807) is 13.8 Å². The van der Waals surface area contributed by atoms with Crippen molar-refractivity contribution in [3.8, 4) is 5.75 Å². The fourth-order valence-corrected chi connectivity index (χ4v) is 3.85. The number of benzene rings is 2. The number of hydrogen-bond acceptors (Lipinski definition) is 6. The number of rotatable bonds is 7. The highest BCUT2D eigenvalue weighted by molar-refractivity contribution is 5.94. The molecule has 1 amide bonds. The van der Waals surface area contributed by atoms with Crippen molar-refractivity contribution >= 4 is 5.91 Å². The number of aliphatic hydroxyl groups excluding tert-OH is 1. The van der Waals surface area contributed by atoms with Gasteiger partial charge >= 0.3 is 0 Å². The summed E-state index contributed by atoms with van der Waals surface area (Å²) in [5.41, 5.74) is 0.249. The van der Waals surface area contributed by atoms with Crippen LogP contribution in [0.15, 0.2) is 53.3 Å². The van der Waals surface area contributed by atoms with E-state index in [-0.39, 0.29) is 31.2 Å². The second kappa shape index (κ2) is 9.74. The maximum atomic E-state index is 13.5. The first-order valence-corrected chi connectivity index (χ1v) is 10.9. The molecule has 0 saturated heterocycles. The molecule has 1 aliphatic heterocycles. The molecule has 0 fully saturated rings. The van der Waals surface area contributed by atoms with Gasteiger partial charge in [0.2, 0.25) is 5.75 Å². The Morgan fingerprint density at radius 1 is 1.24 bits per heavy atom. The number of amides is 1. The molecule has 0 spiro atoms. The lowest BCUT2D eigenvalue weighted by Crippen LogP contribution is -2.43. The van der Waals surface area contributed by atoms with Crippen LogP contribution in [0.2, 0.25) is 0 Å². The zero-order valence-corrected chi connectivity index (χ0v) is 19.0. The highest BCUT2D eigenvalue weighted by atomic mass is 19.1. The van der Waals surface area contributed by atoms with Crippen molar-refractivity contribution in [2.45, 2.75) is 45.8 Å². The van der Waals surface area contributed by atoms with Gasteiger partial charge in [-0.25, -0.2) is 9.37 Å². The Morgan fingerprint density at radius 2 is 2.00 bits per heavy atom. The molecule has 0 radical (unpaired) electrons. The van der Waals surface area contributed by atoms with E-state index in [1.165, 1.54) is 22.8 Å². The molecule has 4 rings (SSSR count). The predicted octanol–water partition coefficient (Wildman–Crippen LogP) is 2.65. The molecule has 1 aliphatic rings. The van der Waals surface area contributed by atoms with Crippen LogP contribution in [0.25, 0.3) is 0 Å². The Balaban J connectivity index is 1.68. The molecular formula is C25H26FN3O5. The topological polar surface area (TPSA) is 103 Å². The van der Waals surface area contributed by atoms with Crippen LogP contribution in [0.3, 0.4) is 0 Å². The number of aromatic nitrogens is 2. The van der Waals surface area contributed by atoms with Crippen molar-refractivity contribution in [1.82, 2.24) is 14.9 Å². The smallest absolute Gasteiger partial charge is 0.296 e. The molecule has 1 aromatic heterocycles. The van der Waals surface area contributed by atoms with Crippen LogP contribution < -0.4 is 15.6 Å². The van der Waals surface area contributed by atoms with E-state index in [0.29, 0.717) is 30.1 Å². The molecule has 2 aromatic carbocycles. The summed E-state index contributed by atoms with van der Waals surface area (Å²) in [4.78, 5) is 31.0. The van der Waals surface area contributed by atoms with Crippen molar-refractivity contribution in [2.75, 3.05) is 6.61 Å². The van der Waals surface area contributed by atoms with Crippen molar-refractivity contribution in [3.05, 3.63) is 92.9 Å². The van der Waals surface area contributed by atoms with Crippen molar-refractivity contribution < 1.29 is 23.8 Å². The maximum Gasteiger partial charge on any atom is 0.296 e. The lowest BCUT2D eigenvalue weighted by Gasteiger charge is -2.32. The number of carbonyl (C=O) groups is 1. The predicted molar refractivity (Wildman–Crippen MR) is 122 cm³/mol. The van der Waals surface area contributed by atoms with E-state index in [0.717, 1.165) is 5.56 Å². The summed E-state index contributed by atoms with van der Waals surface area (Å²) in [5, 5.41) is 12.2. The molecule has 9 heteroatoms. The van der Waals surface area contributed by atoms with Gasteiger partial charge in [0.25, 0.3) is 11.5 Å².